The summed E-state index contributed by atoms with van der Waals surface area (Å²) in [5.41, 5.74) is -0.227. The molecule has 0 aliphatic heterocycles. The number of nitrogens with one attached hydrogen (secondary N) is 1. The van der Waals surface area contributed by atoms with E-state index in [2.05, 4.69) is 20.7 Å². The lowest BCUT2D eigenvalue weighted by atomic mass is 10.3. The number of anilines is 1. The molecule has 0 saturated heterocycles. The van der Waals surface area contributed by atoms with Crippen LogP contribution in [0.2, 0.25) is 5.02 Å². The van der Waals surface area contributed by atoms with Gasteiger partial charge in [0.2, 0.25) is 10.0 Å². The molecule has 0 heterocycles. The SMILES string of the molecule is O=S(=O)(CCl)Nc1cc(Cl)cc(Br)c1OC(F)F. The molecule has 1 aromatic rings. The van der Waals surface area contributed by atoms with Gasteiger partial charge in [0.15, 0.2) is 5.75 Å². The highest BCUT2D eigenvalue weighted by atomic mass is 79.9. The largest absolute Gasteiger partial charge is 0.431 e. The molecule has 1 N–H and O–H groups in total. The van der Waals surface area contributed by atoms with Crippen molar-refractivity contribution in [3.05, 3.63) is 21.6 Å². The van der Waals surface area contributed by atoms with Crippen molar-refractivity contribution in [1.82, 2.24) is 0 Å². The van der Waals surface area contributed by atoms with Crippen LogP contribution in [0.25, 0.3) is 0 Å². The van der Waals surface area contributed by atoms with Crippen LogP contribution < -0.4 is 9.46 Å². The van der Waals surface area contributed by atoms with Gasteiger partial charge in [-0.1, -0.05) is 11.6 Å². The van der Waals surface area contributed by atoms with Gasteiger partial charge in [-0.05, 0) is 28.1 Å². The van der Waals surface area contributed by atoms with Crippen LogP contribution >= 0.6 is 39.1 Å². The second-order valence-electron chi connectivity index (χ2n) is 2.97. The van der Waals surface area contributed by atoms with E-state index < -0.39 is 21.8 Å². The Kier molecular flexibility index (Phi) is 5.45. The van der Waals surface area contributed by atoms with Crippen molar-refractivity contribution in [2.45, 2.75) is 6.61 Å². The Morgan fingerprint density at radius 2 is 2.06 bits per heavy atom. The van der Waals surface area contributed by atoms with Crippen LogP contribution in [0.3, 0.4) is 0 Å². The average Bonchev–Trinajstić information content (AvgIpc) is 2.22. The molecule has 0 fully saturated rings. The average molecular weight is 385 g/mol. The van der Waals surface area contributed by atoms with E-state index in [1.165, 1.54) is 6.07 Å². The van der Waals surface area contributed by atoms with Gasteiger partial charge in [0, 0.05) is 5.02 Å². The maximum Gasteiger partial charge on any atom is 0.387 e. The Labute approximate surface area is 120 Å². The molecule has 0 amide bonds. The summed E-state index contributed by atoms with van der Waals surface area (Å²) in [6, 6.07) is 2.42. The summed E-state index contributed by atoms with van der Waals surface area (Å²) in [4.78, 5) is 0. The highest BCUT2D eigenvalue weighted by molar-refractivity contribution is 9.10. The predicted octanol–water partition coefficient (Wildman–Crippen LogP) is 3.64. The van der Waals surface area contributed by atoms with E-state index in [0.717, 1.165) is 6.07 Å². The van der Waals surface area contributed by atoms with Gasteiger partial charge in [0.1, 0.15) is 5.21 Å². The van der Waals surface area contributed by atoms with Crippen molar-refractivity contribution in [3.63, 3.8) is 0 Å². The van der Waals surface area contributed by atoms with E-state index in [-0.39, 0.29) is 20.9 Å². The minimum atomic E-state index is -3.85. The lowest BCUT2D eigenvalue weighted by molar-refractivity contribution is -0.0498. The number of hydrogen-bond donors (Lipinski definition) is 1. The zero-order valence-electron chi connectivity index (χ0n) is 8.46. The van der Waals surface area contributed by atoms with E-state index in [1.807, 2.05) is 4.72 Å². The fraction of sp³-hybridized carbons (Fsp3) is 0.250. The minimum Gasteiger partial charge on any atom is -0.431 e. The maximum atomic E-state index is 12.2. The maximum absolute atomic E-state index is 12.2. The summed E-state index contributed by atoms with van der Waals surface area (Å²) in [6.45, 7) is -3.11. The molecule has 18 heavy (non-hydrogen) atoms. The van der Waals surface area contributed by atoms with Crippen molar-refractivity contribution >= 4 is 54.8 Å². The summed E-state index contributed by atoms with van der Waals surface area (Å²) in [6.07, 6.45) is 0. The Hall–Kier alpha value is -0.310. The van der Waals surface area contributed by atoms with E-state index in [4.69, 9.17) is 23.2 Å². The fourth-order valence-electron chi connectivity index (χ4n) is 1.04. The molecule has 0 spiro atoms. The van der Waals surface area contributed by atoms with Crippen LogP contribution in [0.4, 0.5) is 14.5 Å². The summed E-state index contributed by atoms with van der Waals surface area (Å²) in [5, 5.41) is -0.596. The van der Waals surface area contributed by atoms with Crippen LogP contribution in [0.15, 0.2) is 16.6 Å². The number of hydrogen-bond acceptors (Lipinski definition) is 3. The van der Waals surface area contributed by atoms with Gasteiger partial charge in [-0.25, -0.2) is 8.42 Å². The van der Waals surface area contributed by atoms with Gasteiger partial charge < -0.3 is 4.74 Å². The lowest BCUT2D eigenvalue weighted by Crippen LogP contribution is -2.15. The molecular formula is C8H6BrCl2F2NO3S. The van der Waals surface area contributed by atoms with E-state index in [1.54, 1.807) is 0 Å². The van der Waals surface area contributed by atoms with E-state index in [9.17, 15) is 17.2 Å². The highest BCUT2D eigenvalue weighted by Gasteiger charge is 2.18. The number of alkyl halides is 3. The monoisotopic (exact) mass is 383 g/mol. The van der Waals surface area contributed by atoms with Crippen molar-refractivity contribution in [3.8, 4) is 5.75 Å². The molecule has 0 aliphatic rings. The molecule has 0 saturated carbocycles. The number of sulfonamides is 1. The van der Waals surface area contributed by atoms with Crippen LogP contribution in [-0.4, -0.2) is 20.2 Å². The topological polar surface area (TPSA) is 55.4 Å². The summed E-state index contributed by atoms with van der Waals surface area (Å²) < 4.78 is 53.3. The van der Waals surface area contributed by atoms with Crippen LogP contribution in [0.1, 0.15) is 0 Å². The van der Waals surface area contributed by atoms with Crippen molar-refractivity contribution in [2.75, 3.05) is 9.93 Å². The van der Waals surface area contributed by atoms with Crippen LogP contribution in [-0.2, 0) is 10.0 Å². The summed E-state index contributed by atoms with van der Waals surface area (Å²) >= 11 is 13.8. The first-order valence-electron chi connectivity index (χ1n) is 4.25. The normalized spacial score (nSPS) is 11.7. The molecule has 1 aromatic carbocycles. The first-order valence-corrected chi connectivity index (χ1v) is 7.61. The molecule has 0 aliphatic carbocycles. The summed E-state index contributed by atoms with van der Waals surface area (Å²) in [5.74, 6) is -0.372. The molecular weight excluding hydrogens is 379 g/mol. The zero-order valence-corrected chi connectivity index (χ0v) is 12.4. The lowest BCUT2D eigenvalue weighted by Gasteiger charge is -2.14. The van der Waals surface area contributed by atoms with E-state index in [0.29, 0.717) is 0 Å². The van der Waals surface area contributed by atoms with Crippen LogP contribution in [0.5, 0.6) is 5.75 Å². The predicted molar refractivity (Wildman–Crippen MR) is 69.0 cm³/mol. The molecule has 0 aromatic heterocycles. The third kappa shape index (κ3) is 4.42. The van der Waals surface area contributed by atoms with Crippen molar-refractivity contribution in [2.24, 2.45) is 0 Å². The van der Waals surface area contributed by atoms with Gasteiger partial charge in [-0.3, -0.25) is 4.72 Å². The number of ether oxygens (including phenoxy) is 1. The standard InChI is InChI=1S/C8H6BrCl2F2NO3S/c9-5-1-4(11)2-6(7(5)17-8(12)13)14-18(15,16)3-10/h1-2,8,14H,3H2. The first-order chi connectivity index (χ1) is 8.25. The molecule has 102 valence electrons. The Bertz CT molecular complexity index is 541. The first kappa shape index (κ1) is 15.7. The second kappa shape index (κ2) is 6.23. The zero-order chi connectivity index (χ0) is 13.9. The molecule has 0 bridgehead atoms. The quantitative estimate of drug-likeness (QED) is 0.788. The molecule has 0 radical (unpaired) electrons. The molecule has 1 rings (SSSR count). The molecule has 4 nitrogen and oxygen atoms in total. The number of benzene rings is 1. The molecule has 0 atom stereocenters. The minimum absolute atomic E-state index is 0.0857. The fourth-order valence-corrected chi connectivity index (χ4v) is 2.65. The second-order valence-corrected chi connectivity index (χ2v) is 6.57. The third-order valence-corrected chi connectivity index (χ3v) is 4.11. The van der Waals surface area contributed by atoms with Gasteiger partial charge in [-0.2, -0.15) is 8.78 Å². The number of rotatable bonds is 5. The smallest absolute Gasteiger partial charge is 0.387 e. The van der Waals surface area contributed by atoms with Gasteiger partial charge >= 0.3 is 6.61 Å². The Morgan fingerprint density at radius 1 is 1.44 bits per heavy atom. The Morgan fingerprint density at radius 3 is 2.56 bits per heavy atom. The molecule has 0 unspecified atom stereocenters. The Balaban J connectivity index is 3.23. The summed E-state index contributed by atoms with van der Waals surface area (Å²) in [7, 11) is -3.85. The van der Waals surface area contributed by atoms with Crippen molar-refractivity contribution < 1.29 is 21.9 Å². The number of halogens is 5. The van der Waals surface area contributed by atoms with Gasteiger partial charge in [-0.15, -0.1) is 11.6 Å². The van der Waals surface area contributed by atoms with E-state index >= 15 is 0 Å². The van der Waals surface area contributed by atoms with Crippen LogP contribution in [0, 0.1) is 0 Å². The van der Waals surface area contributed by atoms with Gasteiger partial charge in [0.05, 0.1) is 10.2 Å². The molecule has 10 heteroatoms. The van der Waals surface area contributed by atoms with Crippen molar-refractivity contribution in [1.29, 1.82) is 0 Å². The highest BCUT2D eigenvalue weighted by Crippen LogP contribution is 2.38. The van der Waals surface area contributed by atoms with Gasteiger partial charge in [0.25, 0.3) is 0 Å². The third-order valence-electron chi connectivity index (χ3n) is 1.62.